The zero-order chi connectivity index (χ0) is 12.9. The van der Waals surface area contributed by atoms with Crippen LogP contribution in [0.3, 0.4) is 0 Å². The van der Waals surface area contributed by atoms with Gasteiger partial charge in [0.1, 0.15) is 0 Å². The van der Waals surface area contributed by atoms with Crippen molar-refractivity contribution < 1.29 is 4.79 Å². The molecule has 0 saturated heterocycles. The molecule has 4 nitrogen and oxygen atoms in total. The van der Waals surface area contributed by atoms with Gasteiger partial charge in [0.25, 0.3) is 0 Å². The first-order valence-electron chi connectivity index (χ1n) is 6.73. The Labute approximate surface area is 129 Å². The maximum Gasteiger partial charge on any atom is 0.240 e. The number of carbonyl (C=O) groups excluding carboxylic acids is 1. The van der Waals surface area contributed by atoms with E-state index in [-0.39, 0.29) is 30.7 Å². The van der Waals surface area contributed by atoms with Crippen molar-refractivity contribution in [2.45, 2.75) is 57.5 Å². The number of carbonyl (C=O) groups is 1. The molecule has 1 aliphatic carbocycles. The summed E-state index contributed by atoms with van der Waals surface area (Å²) in [7, 11) is 2.07. The fraction of sp³-hybridized carbons (Fsp3) is 0.923. The van der Waals surface area contributed by atoms with Crippen molar-refractivity contribution in [2.75, 3.05) is 20.1 Å². The number of nitrogens with zero attached hydrogens (tertiary/aromatic N) is 1. The molecule has 1 saturated carbocycles. The van der Waals surface area contributed by atoms with Crippen LogP contribution in [0.15, 0.2) is 0 Å². The van der Waals surface area contributed by atoms with Gasteiger partial charge in [0.05, 0.1) is 5.54 Å². The Morgan fingerprint density at radius 2 is 1.79 bits per heavy atom. The van der Waals surface area contributed by atoms with Gasteiger partial charge < -0.3 is 16.0 Å². The number of hydrogen-bond donors (Lipinski definition) is 2. The Hall–Kier alpha value is -0.0300. The maximum atomic E-state index is 12.0. The van der Waals surface area contributed by atoms with Crippen LogP contribution < -0.4 is 11.1 Å². The Morgan fingerprint density at radius 1 is 1.26 bits per heavy atom. The first-order valence-corrected chi connectivity index (χ1v) is 6.73. The third-order valence-electron chi connectivity index (χ3n) is 3.83. The zero-order valence-electron chi connectivity index (χ0n) is 12.3. The normalized spacial score (nSPS) is 17.6. The third-order valence-corrected chi connectivity index (χ3v) is 3.83. The molecule has 0 radical (unpaired) electrons. The predicted molar refractivity (Wildman–Crippen MR) is 85.3 cm³/mol. The summed E-state index contributed by atoms with van der Waals surface area (Å²) in [5.74, 6) is 0.0364. The maximum absolute atomic E-state index is 12.0. The molecule has 0 aromatic rings. The van der Waals surface area contributed by atoms with Crippen LogP contribution in [0.25, 0.3) is 0 Å². The minimum atomic E-state index is -0.603. The largest absolute Gasteiger partial charge is 0.353 e. The van der Waals surface area contributed by atoms with Gasteiger partial charge in [0.15, 0.2) is 0 Å². The van der Waals surface area contributed by atoms with Crippen molar-refractivity contribution in [3.05, 3.63) is 0 Å². The van der Waals surface area contributed by atoms with Crippen LogP contribution >= 0.6 is 24.8 Å². The van der Waals surface area contributed by atoms with Crippen molar-refractivity contribution >= 4 is 30.7 Å². The van der Waals surface area contributed by atoms with Gasteiger partial charge in [0.2, 0.25) is 5.91 Å². The fourth-order valence-electron chi connectivity index (χ4n) is 2.19. The lowest BCUT2D eigenvalue weighted by atomic mass is 9.82. The highest BCUT2D eigenvalue weighted by molar-refractivity contribution is 5.86. The molecule has 0 heterocycles. The van der Waals surface area contributed by atoms with Crippen LogP contribution in [0.2, 0.25) is 0 Å². The van der Waals surface area contributed by atoms with Crippen molar-refractivity contribution in [1.29, 1.82) is 0 Å². The number of hydrogen-bond acceptors (Lipinski definition) is 3. The highest BCUT2D eigenvalue weighted by Crippen LogP contribution is 2.25. The molecule has 0 aromatic heterocycles. The van der Waals surface area contributed by atoms with Crippen molar-refractivity contribution in [3.63, 3.8) is 0 Å². The minimum Gasteiger partial charge on any atom is -0.353 e. The van der Waals surface area contributed by atoms with Gasteiger partial charge in [-0.25, -0.2) is 0 Å². The topological polar surface area (TPSA) is 58.4 Å². The SMILES string of the molecule is CC(C)N(C)CCNC(=O)C1(N)CCCCC1.Cl.Cl. The van der Waals surface area contributed by atoms with E-state index in [2.05, 4.69) is 31.1 Å². The molecule has 1 aliphatic rings. The Bertz CT molecular complexity index is 256. The van der Waals surface area contributed by atoms with E-state index in [1.807, 2.05) is 0 Å². The van der Waals surface area contributed by atoms with E-state index in [9.17, 15) is 4.79 Å². The van der Waals surface area contributed by atoms with Gasteiger partial charge in [-0.2, -0.15) is 0 Å². The third kappa shape index (κ3) is 6.80. The Kier molecular flexibility index (Phi) is 11.0. The summed E-state index contributed by atoms with van der Waals surface area (Å²) >= 11 is 0. The van der Waals surface area contributed by atoms with Crippen molar-refractivity contribution in [1.82, 2.24) is 10.2 Å². The lowest BCUT2D eigenvalue weighted by Gasteiger charge is -2.32. The molecule has 6 heteroatoms. The monoisotopic (exact) mass is 313 g/mol. The second-order valence-corrected chi connectivity index (χ2v) is 5.55. The first kappa shape index (κ1) is 21.3. The molecule has 0 spiro atoms. The van der Waals surface area contributed by atoms with Gasteiger partial charge in [-0.15, -0.1) is 24.8 Å². The summed E-state index contributed by atoms with van der Waals surface area (Å²) in [4.78, 5) is 14.2. The molecule has 3 N–H and O–H groups in total. The van der Waals surface area contributed by atoms with E-state index in [0.717, 1.165) is 32.2 Å². The fourth-order valence-corrected chi connectivity index (χ4v) is 2.19. The average Bonchev–Trinajstić information content (AvgIpc) is 2.29. The predicted octanol–water partition coefficient (Wildman–Crippen LogP) is 1.95. The van der Waals surface area contributed by atoms with Crippen LogP contribution in [0, 0.1) is 0 Å². The summed E-state index contributed by atoms with van der Waals surface area (Å²) in [6, 6.07) is 0.508. The van der Waals surface area contributed by atoms with Crippen LogP contribution in [0.1, 0.15) is 46.0 Å². The number of amides is 1. The molecule has 0 aliphatic heterocycles. The van der Waals surface area contributed by atoms with E-state index in [4.69, 9.17) is 5.73 Å². The smallest absolute Gasteiger partial charge is 0.240 e. The molecule has 0 atom stereocenters. The molecular weight excluding hydrogens is 285 g/mol. The lowest BCUT2D eigenvalue weighted by Crippen LogP contribution is -2.55. The average molecular weight is 314 g/mol. The molecule has 1 amide bonds. The zero-order valence-corrected chi connectivity index (χ0v) is 13.9. The summed E-state index contributed by atoms with van der Waals surface area (Å²) in [6.45, 7) is 5.85. The van der Waals surface area contributed by atoms with E-state index >= 15 is 0 Å². The molecular formula is C13H29Cl2N3O. The van der Waals surface area contributed by atoms with Gasteiger partial charge in [-0.05, 0) is 33.7 Å². The number of likely N-dealkylation sites (N-methyl/N-ethyl adjacent to an activating group) is 1. The van der Waals surface area contributed by atoms with Gasteiger partial charge in [0, 0.05) is 19.1 Å². The minimum absolute atomic E-state index is 0. The molecule has 0 aromatic carbocycles. The molecule has 19 heavy (non-hydrogen) atoms. The van der Waals surface area contributed by atoms with Crippen LogP contribution in [0.4, 0.5) is 0 Å². The number of rotatable bonds is 5. The van der Waals surface area contributed by atoms with Crippen LogP contribution in [0.5, 0.6) is 0 Å². The molecule has 0 bridgehead atoms. The van der Waals surface area contributed by atoms with Crippen LogP contribution in [-0.2, 0) is 4.79 Å². The second-order valence-electron chi connectivity index (χ2n) is 5.55. The number of nitrogens with two attached hydrogens (primary N) is 1. The van der Waals surface area contributed by atoms with Gasteiger partial charge in [-0.3, -0.25) is 4.79 Å². The molecule has 1 rings (SSSR count). The number of halogens is 2. The number of nitrogens with one attached hydrogen (secondary N) is 1. The Morgan fingerprint density at radius 3 is 2.26 bits per heavy atom. The summed E-state index contributed by atoms with van der Waals surface area (Å²) in [6.07, 6.45) is 5.03. The summed E-state index contributed by atoms with van der Waals surface area (Å²) in [5.41, 5.74) is 5.55. The quantitative estimate of drug-likeness (QED) is 0.815. The highest BCUT2D eigenvalue weighted by atomic mass is 35.5. The van der Waals surface area contributed by atoms with Gasteiger partial charge >= 0.3 is 0 Å². The standard InChI is InChI=1S/C13H27N3O.2ClH/c1-11(2)16(3)10-9-15-12(17)13(14)7-5-4-6-8-13;;/h11H,4-10,14H2,1-3H3,(H,15,17);2*1H. The van der Waals surface area contributed by atoms with Gasteiger partial charge in [-0.1, -0.05) is 19.3 Å². The highest BCUT2D eigenvalue weighted by Gasteiger charge is 2.34. The molecule has 0 unspecified atom stereocenters. The van der Waals surface area contributed by atoms with E-state index in [0.29, 0.717) is 12.6 Å². The van der Waals surface area contributed by atoms with E-state index in [1.54, 1.807) is 0 Å². The van der Waals surface area contributed by atoms with E-state index in [1.165, 1.54) is 6.42 Å². The van der Waals surface area contributed by atoms with E-state index < -0.39 is 5.54 Å². The summed E-state index contributed by atoms with van der Waals surface area (Å²) < 4.78 is 0. The molecule has 1 fully saturated rings. The Balaban J connectivity index is 0. The first-order chi connectivity index (χ1) is 7.96. The van der Waals surface area contributed by atoms with Crippen molar-refractivity contribution in [3.8, 4) is 0 Å². The van der Waals surface area contributed by atoms with Crippen molar-refractivity contribution in [2.24, 2.45) is 5.73 Å². The molecule has 116 valence electrons. The van der Waals surface area contributed by atoms with Crippen LogP contribution in [-0.4, -0.2) is 42.5 Å². The second kappa shape index (κ2) is 9.81. The lowest BCUT2D eigenvalue weighted by molar-refractivity contribution is -0.127. The summed E-state index contributed by atoms with van der Waals surface area (Å²) in [5, 5.41) is 2.97.